The van der Waals surface area contributed by atoms with Gasteiger partial charge in [0.25, 0.3) is 0 Å². The molecule has 0 fully saturated rings. The molecule has 1 aromatic rings. The molecule has 1 rings (SSSR count). The van der Waals surface area contributed by atoms with Crippen molar-refractivity contribution in [1.29, 1.82) is 0 Å². The van der Waals surface area contributed by atoms with Gasteiger partial charge in [0.2, 0.25) is 0 Å². The molecular formula is C7H11N3O2. The molecule has 0 saturated carbocycles. The number of aromatic nitrogens is 3. The molecule has 0 amide bonds. The first-order chi connectivity index (χ1) is 5.75. The number of hydrogen-bond acceptors (Lipinski definition) is 4. The SMILES string of the molecule is CCOC(=O)C(C)n1ccnn1. The van der Waals surface area contributed by atoms with Gasteiger partial charge < -0.3 is 4.74 Å². The minimum atomic E-state index is -0.396. The molecular weight excluding hydrogens is 158 g/mol. The Kier molecular flexibility index (Phi) is 2.79. The van der Waals surface area contributed by atoms with E-state index in [1.165, 1.54) is 10.9 Å². The van der Waals surface area contributed by atoms with Crippen LogP contribution in [0.3, 0.4) is 0 Å². The highest BCUT2D eigenvalue weighted by molar-refractivity contribution is 5.73. The van der Waals surface area contributed by atoms with Crippen LogP contribution in [-0.4, -0.2) is 27.6 Å². The predicted molar refractivity (Wildman–Crippen MR) is 41.4 cm³/mol. The minimum Gasteiger partial charge on any atom is -0.464 e. The van der Waals surface area contributed by atoms with Crippen LogP contribution in [0.2, 0.25) is 0 Å². The van der Waals surface area contributed by atoms with Gasteiger partial charge in [0.1, 0.15) is 6.04 Å². The van der Waals surface area contributed by atoms with Gasteiger partial charge in [0.15, 0.2) is 0 Å². The van der Waals surface area contributed by atoms with Gasteiger partial charge in [-0.15, -0.1) is 5.10 Å². The van der Waals surface area contributed by atoms with Gasteiger partial charge in [-0.05, 0) is 13.8 Å². The first-order valence-electron chi connectivity index (χ1n) is 3.78. The van der Waals surface area contributed by atoms with Crippen LogP contribution in [0.25, 0.3) is 0 Å². The Hall–Kier alpha value is -1.39. The fraction of sp³-hybridized carbons (Fsp3) is 0.571. The first-order valence-corrected chi connectivity index (χ1v) is 3.78. The molecule has 1 unspecified atom stereocenters. The van der Waals surface area contributed by atoms with Crippen LogP contribution in [-0.2, 0) is 9.53 Å². The van der Waals surface area contributed by atoms with E-state index in [9.17, 15) is 4.79 Å². The minimum absolute atomic E-state index is 0.289. The van der Waals surface area contributed by atoms with Crippen LogP contribution in [0.1, 0.15) is 19.9 Å². The summed E-state index contributed by atoms with van der Waals surface area (Å²) < 4.78 is 6.26. The van der Waals surface area contributed by atoms with E-state index in [2.05, 4.69) is 10.3 Å². The largest absolute Gasteiger partial charge is 0.464 e. The van der Waals surface area contributed by atoms with Crippen LogP contribution in [0.15, 0.2) is 12.4 Å². The molecule has 0 aliphatic carbocycles. The molecule has 1 atom stereocenters. The molecule has 0 saturated heterocycles. The number of rotatable bonds is 3. The summed E-state index contributed by atoms with van der Waals surface area (Å²) in [6.07, 6.45) is 3.15. The Morgan fingerprint density at radius 2 is 2.50 bits per heavy atom. The second-order valence-electron chi connectivity index (χ2n) is 2.31. The predicted octanol–water partition coefficient (Wildman–Crippen LogP) is 0.402. The van der Waals surface area contributed by atoms with Crippen molar-refractivity contribution >= 4 is 5.97 Å². The second kappa shape index (κ2) is 3.85. The monoisotopic (exact) mass is 169 g/mol. The highest BCUT2D eigenvalue weighted by Gasteiger charge is 2.15. The molecule has 0 spiro atoms. The lowest BCUT2D eigenvalue weighted by Crippen LogP contribution is -2.19. The van der Waals surface area contributed by atoms with Gasteiger partial charge in [-0.1, -0.05) is 5.21 Å². The molecule has 12 heavy (non-hydrogen) atoms. The van der Waals surface area contributed by atoms with E-state index in [4.69, 9.17) is 4.74 Å². The summed E-state index contributed by atoms with van der Waals surface area (Å²) in [5.41, 5.74) is 0. The van der Waals surface area contributed by atoms with E-state index < -0.39 is 6.04 Å². The van der Waals surface area contributed by atoms with Crippen LogP contribution in [0, 0.1) is 0 Å². The number of hydrogen-bond donors (Lipinski definition) is 0. The zero-order valence-corrected chi connectivity index (χ0v) is 7.10. The average Bonchev–Trinajstić information content (AvgIpc) is 2.55. The molecule has 0 aliphatic rings. The molecule has 0 bridgehead atoms. The van der Waals surface area contributed by atoms with E-state index >= 15 is 0 Å². The number of carbonyl (C=O) groups excluding carboxylic acids is 1. The Bertz CT molecular complexity index is 245. The second-order valence-corrected chi connectivity index (χ2v) is 2.31. The van der Waals surface area contributed by atoms with Gasteiger partial charge >= 0.3 is 5.97 Å². The van der Waals surface area contributed by atoms with Crippen molar-refractivity contribution in [3.05, 3.63) is 12.4 Å². The third kappa shape index (κ3) is 1.81. The number of ether oxygens (including phenoxy) is 1. The molecule has 5 nitrogen and oxygen atoms in total. The Morgan fingerprint density at radius 1 is 1.75 bits per heavy atom. The standard InChI is InChI=1S/C7H11N3O2/c1-3-12-7(11)6(2)10-5-4-8-9-10/h4-6H,3H2,1-2H3. The molecule has 5 heteroatoms. The summed E-state index contributed by atoms with van der Waals surface area (Å²) in [6.45, 7) is 3.87. The van der Waals surface area contributed by atoms with E-state index in [0.29, 0.717) is 6.61 Å². The third-order valence-electron chi connectivity index (χ3n) is 1.47. The molecule has 1 heterocycles. The maximum Gasteiger partial charge on any atom is 0.330 e. The van der Waals surface area contributed by atoms with Crippen molar-refractivity contribution in [2.24, 2.45) is 0 Å². The highest BCUT2D eigenvalue weighted by Crippen LogP contribution is 2.03. The van der Waals surface area contributed by atoms with Crippen molar-refractivity contribution in [2.75, 3.05) is 6.61 Å². The van der Waals surface area contributed by atoms with Gasteiger partial charge in [0, 0.05) is 6.20 Å². The molecule has 0 radical (unpaired) electrons. The lowest BCUT2D eigenvalue weighted by atomic mass is 10.3. The first kappa shape index (κ1) is 8.70. The van der Waals surface area contributed by atoms with Gasteiger partial charge in [-0.2, -0.15) is 0 Å². The lowest BCUT2D eigenvalue weighted by molar-refractivity contribution is -0.146. The molecule has 0 N–H and O–H groups in total. The van der Waals surface area contributed by atoms with Crippen LogP contribution in [0.4, 0.5) is 0 Å². The van der Waals surface area contributed by atoms with Crippen LogP contribution < -0.4 is 0 Å². The topological polar surface area (TPSA) is 57.0 Å². The maximum atomic E-state index is 11.1. The van der Waals surface area contributed by atoms with Crippen molar-refractivity contribution < 1.29 is 9.53 Å². The normalized spacial score (nSPS) is 12.5. The molecule has 1 aromatic heterocycles. The lowest BCUT2D eigenvalue weighted by Gasteiger charge is -2.08. The summed E-state index contributed by atoms with van der Waals surface area (Å²) in [7, 11) is 0. The van der Waals surface area contributed by atoms with Crippen molar-refractivity contribution in [3.63, 3.8) is 0 Å². The van der Waals surface area contributed by atoms with Crippen LogP contribution >= 0.6 is 0 Å². The van der Waals surface area contributed by atoms with Gasteiger partial charge in [-0.25, -0.2) is 9.48 Å². The summed E-state index contributed by atoms with van der Waals surface area (Å²) in [5, 5.41) is 7.28. The highest BCUT2D eigenvalue weighted by atomic mass is 16.5. The maximum absolute atomic E-state index is 11.1. The van der Waals surface area contributed by atoms with Crippen molar-refractivity contribution in [1.82, 2.24) is 15.0 Å². The van der Waals surface area contributed by atoms with E-state index in [1.54, 1.807) is 20.0 Å². The Labute approximate surface area is 70.3 Å². The van der Waals surface area contributed by atoms with E-state index in [1.807, 2.05) is 0 Å². The zero-order valence-electron chi connectivity index (χ0n) is 7.10. The molecule has 66 valence electrons. The summed E-state index contributed by atoms with van der Waals surface area (Å²) in [4.78, 5) is 11.1. The summed E-state index contributed by atoms with van der Waals surface area (Å²) in [6, 6.07) is -0.396. The smallest absolute Gasteiger partial charge is 0.330 e. The Balaban J connectivity index is 2.59. The van der Waals surface area contributed by atoms with E-state index in [-0.39, 0.29) is 5.97 Å². The van der Waals surface area contributed by atoms with Crippen LogP contribution in [0.5, 0.6) is 0 Å². The average molecular weight is 169 g/mol. The van der Waals surface area contributed by atoms with Gasteiger partial charge in [-0.3, -0.25) is 0 Å². The number of nitrogens with zero attached hydrogens (tertiary/aromatic N) is 3. The fourth-order valence-corrected chi connectivity index (χ4v) is 0.795. The molecule has 0 aromatic carbocycles. The summed E-state index contributed by atoms with van der Waals surface area (Å²) in [5.74, 6) is -0.289. The number of esters is 1. The molecule has 0 aliphatic heterocycles. The van der Waals surface area contributed by atoms with E-state index in [0.717, 1.165) is 0 Å². The van der Waals surface area contributed by atoms with Crippen molar-refractivity contribution in [2.45, 2.75) is 19.9 Å². The summed E-state index contributed by atoms with van der Waals surface area (Å²) >= 11 is 0. The van der Waals surface area contributed by atoms with Gasteiger partial charge in [0.05, 0.1) is 12.8 Å². The van der Waals surface area contributed by atoms with Crippen molar-refractivity contribution in [3.8, 4) is 0 Å². The zero-order chi connectivity index (χ0) is 8.97. The fourth-order valence-electron chi connectivity index (χ4n) is 0.795. The number of carbonyl (C=O) groups is 1. The quantitative estimate of drug-likeness (QED) is 0.614. The Morgan fingerprint density at radius 3 is 3.00 bits per heavy atom. The third-order valence-corrected chi connectivity index (χ3v) is 1.47.